The van der Waals surface area contributed by atoms with Gasteiger partial charge in [0.2, 0.25) is 15.9 Å². The van der Waals surface area contributed by atoms with Crippen molar-refractivity contribution in [3.8, 4) is 11.5 Å². The minimum absolute atomic E-state index is 0.223. The van der Waals surface area contributed by atoms with E-state index in [0.717, 1.165) is 19.5 Å². The van der Waals surface area contributed by atoms with Crippen LogP contribution in [0.3, 0.4) is 0 Å². The predicted molar refractivity (Wildman–Crippen MR) is 119 cm³/mol. The van der Waals surface area contributed by atoms with Gasteiger partial charge >= 0.3 is 0 Å². The van der Waals surface area contributed by atoms with Crippen LogP contribution in [0.2, 0.25) is 0 Å². The monoisotopic (exact) mass is 464 g/mol. The molecule has 0 unspecified atom stereocenters. The van der Waals surface area contributed by atoms with E-state index in [1.807, 2.05) is 13.8 Å². The number of aromatic nitrogens is 2. The second kappa shape index (κ2) is 8.72. The van der Waals surface area contributed by atoms with E-state index in [9.17, 15) is 8.42 Å². The van der Waals surface area contributed by atoms with Crippen molar-refractivity contribution < 1.29 is 12.8 Å². The van der Waals surface area contributed by atoms with Crippen LogP contribution < -0.4 is 0 Å². The van der Waals surface area contributed by atoms with Gasteiger partial charge in [-0.3, -0.25) is 4.90 Å². The Morgan fingerprint density at radius 3 is 2.83 bits per heavy atom. The van der Waals surface area contributed by atoms with E-state index in [2.05, 4.69) is 21.4 Å². The molecule has 1 aliphatic rings. The van der Waals surface area contributed by atoms with Crippen LogP contribution in [0, 0.1) is 4.84 Å². The normalized spacial score (nSPS) is 14.9. The van der Waals surface area contributed by atoms with Gasteiger partial charge in [0.1, 0.15) is 0 Å². The third kappa shape index (κ3) is 4.15. The van der Waals surface area contributed by atoms with Gasteiger partial charge < -0.3 is 4.42 Å². The summed E-state index contributed by atoms with van der Waals surface area (Å²) < 4.78 is 34.5. The first-order valence-electron chi connectivity index (χ1n) is 9.88. The number of benzene rings is 1. The van der Waals surface area contributed by atoms with E-state index in [4.69, 9.17) is 16.6 Å². The van der Waals surface area contributed by atoms with Crippen molar-refractivity contribution in [1.82, 2.24) is 19.0 Å². The highest BCUT2D eigenvalue weighted by Crippen LogP contribution is 2.26. The number of sulfonamides is 1. The number of rotatable bonds is 7. The van der Waals surface area contributed by atoms with Crippen molar-refractivity contribution in [2.24, 2.45) is 0 Å². The fourth-order valence-corrected chi connectivity index (χ4v) is 6.20. The predicted octanol–water partition coefficient (Wildman–Crippen LogP) is 3.98. The molecule has 0 amide bonds. The van der Waals surface area contributed by atoms with Gasteiger partial charge in [-0.05, 0) is 53.8 Å². The van der Waals surface area contributed by atoms with Gasteiger partial charge in [0.05, 0.1) is 11.6 Å². The SMILES string of the molecule is CCN(CC)S(=O)(=O)c1cccc(-c2nn(CN3CCc4sccc4C3)c(=S)o2)c1. The van der Waals surface area contributed by atoms with E-state index in [1.165, 1.54) is 14.7 Å². The highest BCUT2D eigenvalue weighted by atomic mass is 32.2. The first-order valence-corrected chi connectivity index (χ1v) is 12.6. The smallest absolute Gasteiger partial charge is 0.288 e. The van der Waals surface area contributed by atoms with Crippen LogP contribution in [0.1, 0.15) is 24.3 Å². The molecule has 160 valence electrons. The Labute approximate surface area is 185 Å². The van der Waals surface area contributed by atoms with E-state index >= 15 is 0 Å². The number of thiophene rings is 1. The van der Waals surface area contributed by atoms with Gasteiger partial charge in [0.25, 0.3) is 4.84 Å². The Morgan fingerprint density at radius 1 is 1.27 bits per heavy atom. The summed E-state index contributed by atoms with van der Waals surface area (Å²) >= 11 is 7.18. The zero-order valence-electron chi connectivity index (χ0n) is 16.9. The summed E-state index contributed by atoms with van der Waals surface area (Å²) in [6, 6.07) is 8.84. The molecule has 0 atom stereocenters. The number of hydrogen-bond donors (Lipinski definition) is 0. The van der Waals surface area contributed by atoms with Crippen molar-refractivity contribution in [2.75, 3.05) is 19.6 Å². The summed E-state index contributed by atoms with van der Waals surface area (Å²) in [5, 5.41) is 6.66. The lowest BCUT2D eigenvalue weighted by Gasteiger charge is -2.26. The molecule has 30 heavy (non-hydrogen) atoms. The fraction of sp³-hybridized carbons (Fsp3) is 0.400. The lowest BCUT2D eigenvalue weighted by Crippen LogP contribution is -2.32. The maximum atomic E-state index is 12.8. The first kappa shape index (κ1) is 21.4. The van der Waals surface area contributed by atoms with E-state index in [0.29, 0.717) is 31.2 Å². The lowest BCUT2D eigenvalue weighted by molar-refractivity contribution is 0.187. The van der Waals surface area contributed by atoms with Gasteiger partial charge in [-0.2, -0.15) is 4.31 Å². The molecule has 0 spiro atoms. The van der Waals surface area contributed by atoms with Crippen LogP contribution in [0.4, 0.5) is 0 Å². The molecular formula is C20H24N4O3S3. The van der Waals surface area contributed by atoms with Crippen molar-refractivity contribution in [2.45, 2.75) is 38.4 Å². The summed E-state index contributed by atoms with van der Waals surface area (Å²) in [7, 11) is -3.56. The molecule has 0 saturated heterocycles. The maximum absolute atomic E-state index is 12.8. The third-order valence-electron chi connectivity index (χ3n) is 5.25. The third-order valence-corrected chi connectivity index (χ3v) is 8.61. The molecule has 0 N–H and O–H groups in total. The van der Waals surface area contributed by atoms with Crippen molar-refractivity contribution in [3.63, 3.8) is 0 Å². The average molecular weight is 465 g/mol. The molecule has 0 fully saturated rings. The summed E-state index contributed by atoms with van der Waals surface area (Å²) in [5.74, 6) is 0.324. The summed E-state index contributed by atoms with van der Waals surface area (Å²) in [6.07, 6.45) is 1.02. The molecule has 2 aromatic heterocycles. The van der Waals surface area contributed by atoms with Gasteiger partial charge in [0.15, 0.2) is 0 Å². The molecule has 4 rings (SSSR count). The molecule has 0 saturated carbocycles. The van der Waals surface area contributed by atoms with Crippen LogP contribution >= 0.6 is 23.6 Å². The Hall–Kier alpha value is -1.85. The van der Waals surface area contributed by atoms with E-state index in [-0.39, 0.29) is 9.73 Å². The van der Waals surface area contributed by atoms with Crippen LogP contribution in [-0.2, 0) is 29.7 Å². The van der Waals surface area contributed by atoms with Gasteiger partial charge in [0, 0.05) is 36.6 Å². The Balaban J connectivity index is 1.57. The standard InChI is InChI=1S/C20H24N4O3S3/c1-3-23(4-2)30(25,26)17-7-5-6-15(12-17)19-21-24(20(28)27-19)14-22-10-8-18-16(13-22)9-11-29-18/h5-7,9,11-12H,3-4,8,10,13-14H2,1-2H3. The molecule has 1 aromatic carbocycles. The quantitative estimate of drug-likeness (QED) is 0.493. The maximum Gasteiger partial charge on any atom is 0.288 e. The number of nitrogens with zero attached hydrogens (tertiary/aromatic N) is 4. The van der Waals surface area contributed by atoms with Gasteiger partial charge in [-0.25, -0.2) is 13.1 Å². The molecule has 3 heterocycles. The first-order chi connectivity index (χ1) is 14.4. The van der Waals surface area contributed by atoms with Crippen LogP contribution in [0.25, 0.3) is 11.5 Å². The van der Waals surface area contributed by atoms with E-state index < -0.39 is 10.0 Å². The molecular weight excluding hydrogens is 440 g/mol. The molecule has 3 aromatic rings. The zero-order chi connectivity index (χ0) is 21.3. The number of hydrogen-bond acceptors (Lipinski definition) is 7. The van der Waals surface area contributed by atoms with Crippen LogP contribution in [-0.4, -0.2) is 47.0 Å². The second-order valence-corrected chi connectivity index (χ2v) is 10.4. The Kier molecular flexibility index (Phi) is 6.21. The minimum Gasteiger partial charge on any atom is -0.409 e. The Morgan fingerprint density at radius 2 is 2.07 bits per heavy atom. The van der Waals surface area contributed by atoms with Crippen molar-refractivity contribution in [3.05, 3.63) is 51.0 Å². The Bertz CT molecular complexity index is 1190. The summed E-state index contributed by atoms with van der Waals surface area (Å²) in [6.45, 7) is 6.82. The largest absolute Gasteiger partial charge is 0.409 e. The molecule has 10 heteroatoms. The molecule has 0 aliphatic carbocycles. The lowest BCUT2D eigenvalue weighted by atomic mass is 10.1. The van der Waals surface area contributed by atoms with Crippen molar-refractivity contribution >= 4 is 33.6 Å². The minimum atomic E-state index is -3.56. The fourth-order valence-electron chi connectivity index (χ4n) is 3.63. The average Bonchev–Trinajstić information content (AvgIpc) is 3.35. The summed E-state index contributed by atoms with van der Waals surface area (Å²) in [5.41, 5.74) is 1.95. The van der Waals surface area contributed by atoms with Crippen LogP contribution in [0.5, 0.6) is 0 Å². The van der Waals surface area contributed by atoms with E-state index in [1.54, 1.807) is 40.3 Å². The topological polar surface area (TPSA) is 71.6 Å². The highest BCUT2D eigenvalue weighted by molar-refractivity contribution is 7.89. The second-order valence-electron chi connectivity index (χ2n) is 7.10. The number of fused-ring (bicyclic) bond motifs is 1. The molecule has 0 bridgehead atoms. The van der Waals surface area contributed by atoms with Crippen molar-refractivity contribution in [1.29, 1.82) is 0 Å². The van der Waals surface area contributed by atoms with Crippen LogP contribution in [0.15, 0.2) is 45.0 Å². The van der Waals surface area contributed by atoms with Gasteiger partial charge in [-0.1, -0.05) is 19.9 Å². The zero-order valence-corrected chi connectivity index (χ0v) is 19.4. The highest BCUT2D eigenvalue weighted by Gasteiger charge is 2.23. The molecule has 0 radical (unpaired) electrons. The molecule has 7 nitrogen and oxygen atoms in total. The summed E-state index contributed by atoms with van der Waals surface area (Å²) in [4.78, 5) is 4.22. The van der Waals surface area contributed by atoms with Gasteiger partial charge in [-0.15, -0.1) is 16.4 Å². The molecule has 1 aliphatic heterocycles.